The smallest absolute Gasteiger partial charge is 0.303 e. The number of carboxylic acids is 1. The highest BCUT2D eigenvalue weighted by molar-refractivity contribution is 6.42. The Morgan fingerprint density at radius 1 is 1.24 bits per heavy atom. The predicted molar refractivity (Wildman–Crippen MR) is 132 cm³/mol. The van der Waals surface area contributed by atoms with Crippen molar-refractivity contribution in [3.63, 3.8) is 0 Å². The summed E-state index contributed by atoms with van der Waals surface area (Å²) in [5, 5.41) is 20.8. The molecule has 1 fully saturated rings. The van der Waals surface area contributed by atoms with Crippen LogP contribution in [0.5, 0.6) is 0 Å². The van der Waals surface area contributed by atoms with Gasteiger partial charge in [0.1, 0.15) is 5.82 Å². The number of nitrogens with zero attached hydrogens (tertiary/aromatic N) is 1. The van der Waals surface area contributed by atoms with Gasteiger partial charge in [0.05, 0.1) is 28.9 Å². The van der Waals surface area contributed by atoms with Crippen LogP contribution in [0.2, 0.25) is 10.0 Å². The Bertz CT molecular complexity index is 974. The van der Waals surface area contributed by atoms with Crippen LogP contribution in [0.25, 0.3) is 0 Å². The Morgan fingerprint density at radius 3 is 2.74 bits per heavy atom. The summed E-state index contributed by atoms with van der Waals surface area (Å²) in [5.74, 6) is -1.29. The number of hydrogen-bond donors (Lipinski definition) is 2. The lowest BCUT2D eigenvalue weighted by atomic mass is 9.97. The first-order chi connectivity index (χ1) is 16.3. The maximum absolute atomic E-state index is 13.9. The summed E-state index contributed by atoms with van der Waals surface area (Å²) in [4.78, 5) is 13.3. The van der Waals surface area contributed by atoms with E-state index in [0.717, 1.165) is 36.9 Å². The fourth-order valence-corrected chi connectivity index (χ4v) is 4.94. The molecule has 3 atom stereocenters. The summed E-state index contributed by atoms with van der Waals surface area (Å²) >= 11 is 12.2. The first-order valence-electron chi connectivity index (χ1n) is 11.7. The summed E-state index contributed by atoms with van der Waals surface area (Å²) in [6.07, 6.45) is 2.68. The lowest BCUT2D eigenvalue weighted by Crippen LogP contribution is -2.39. The van der Waals surface area contributed by atoms with E-state index in [1.54, 1.807) is 6.07 Å². The summed E-state index contributed by atoms with van der Waals surface area (Å²) in [5.41, 5.74) is 2.52. The number of aliphatic carboxylic acids is 1. The zero-order chi connectivity index (χ0) is 24.7. The number of ether oxygens (including phenoxy) is 1. The third-order valence-corrected chi connectivity index (χ3v) is 7.06. The molecule has 2 aromatic carbocycles. The van der Waals surface area contributed by atoms with E-state index in [1.165, 1.54) is 12.1 Å². The van der Waals surface area contributed by atoms with E-state index in [4.69, 9.17) is 33.0 Å². The topological polar surface area (TPSA) is 70.0 Å². The lowest BCUT2D eigenvalue weighted by Gasteiger charge is -2.28. The molecule has 1 saturated heterocycles. The Morgan fingerprint density at radius 2 is 2.03 bits per heavy atom. The van der Waals surface area contributed by atoms with Crippen LogP contribution in [0.15, 0.2) is 36.4 Å². The van der Waals surface area contributed by atoms with Crippen molar-refractivity contribution in [3.05, 3.63) is 69.0 Å². The molecule has 1 aliphatic rings. The molecule has 2 aromatic rings. The van der Waals surface area contributed by atoms with Crippen LogP contribution < -0.4 is 0 Å². The number of aliphatic hydroxyl groups excluding tert-OH is 1. The van der Waals surface area contributed by atoms with Gasteiger partial charge in [-0.3, -0.25) is 9.69 Å². The molecule has 0 radical (unpaired) electrons. The van der Waals surface area contributed by atoms with Gasteiger partial charge in [0, 0.05) is 19.0 Å². The van der Waals surface area contributed by atoms with Crippen molar-refractivity contribution in [1.82, 2.24) is 4.90 Å². The monoisotopic (exact) mass is 511 g/mol. The van der Waals surface area contributed by atoms with E-state index >= 15 is 0 Å². The fraction of sp³-hybridized carbons (Fsp3) is 0.500. The van der Waals surface area contributed by atoms with Gasteiger partial charge < -0.3 is 14.9 Å². The quantitative estimate of drug-likeness (QED) is 0.383. The van der Waals surface area contributed by atoms with Crippen LogP contribution in [0.4, 0.5) is 4.39 Å². The molecular weight excluding hydrogens is 480 g/mol. The summed E-state index contributed by atoms with van der Waals surface area (Å²) in [7, 11) is 0. The Balaban J connectivity index is 1.57. The molecule has 0 aliphatic carbocycles. The van der Waals surface area contributed by atoms with Gasteiger partial charge in [0.2, 0.25) is 0 Å². The van der Waals surface area contributed by atoms with Crippen LogP contribution in [0, 0.1) is 5.82 Å². The van der Waals surface area contributed by atoms with Crippen molar-refractivity contribution in [2.75, 3.05) is 19.7 Å². The van der Waals surface area contributed by atoms with Gasteiger partial charge in [0.15, 0.2) is 0 Å². The standard InChI is InChI=1S/C26H32Cl2FNO4/c1-2-25(22-14-19(29)8-6-18(22)7-10-26(32)33)34-16-21(31)15-30-11-3-4-20(30)12-17-5-9-23(27)24(28)13-17/h5-6,8-9,13-14,20-21,25,31H,2-4,7,10-12,15-16H2,1H3,(H,32,33)/t20-,21+,25+/m0/s1. The summed E-state index contributed by atoms with van der Waals surface area (Å²) < 4.78 is 19.9. The third-order valence-electron chi connectivity index (χ3n) is 6.32. The van der Waals surface area contributed by atoms with Crippen molar-refractivity contribution in [1.29, 1.82) is 0 Å². The predicted octanol–water partition coefficient (Wildman–Crippen LogP) is 5.69. The normalized spacial score (nSPS) is 18.2. The molecular formula is C26H32Cl2FNO4. The maximum Gasteiger partial charge on any atom is 0.303 e. The van der Waals surface area contributed by atoms with Crippen molar-refractivity contribution in [3.8, 4) is 0 Å². The second kappa shape index (κ2) is 12.8. The molecule has 0 unspecified atom stereocenters. The number of carboxylic acid groups (broad SMARTS) is 1. The molecule has 0 aromatic heterocycles. The van der Waals surface area contributed by atoms with Crippen LogP contribution in [-0.4, -0.2) is 52.9 Å². The number of benzene rings is 2. The largest absolute Gasteiger partial charge is 0.481 e. The average molecular weight is 512 g/mol. The molecule has 0 saturated carbocycles. The maximum atomic E-state index is 13.9. The minimum Gasteiger partial charge on any atom is -0.481 e. The highest BCUT2D eigenvalue weighted by Crippen LogP contribution is 2.28. The SMILES string of the molecule is CC[C@@H](OC[C@H](O)CN1CCC[C@H]1Cc1ccc(Cl)c(Cl)c1)c1cc(F)ccc1CCC(=O)O. The zero-order valence-electron chi connectivity index (χ0n) is 19.4. The Kier molecular flexibility index (Phi) is 10.2. The molecule has 0 spiro atoms. The van der Waals surface area contributed by atoms with Crippen LogP contribution >= 0.6 is 23.2 Å². The number of carbonyl (C=O) groups is 1. The van der Waals surface area contributed by atoms with Gasteiger partial charge in [-0.1, -0.05) is 42.3 Å². The molecule has 3 rings (SSSR count). The van der Waals surface area contributed by atoms with Crippen molar-refractivity contribution in [2.24, 2.45) is 0 Å². The molecule has 8 heteroatoms. The van der Waals surface area contributed by atoms with Crippen molar-refractivity contribution >= 4 is 29.2 Å². The fourth-order valence-electron chi connectivity index (χ4n) is 4.62. The van der Waals surface area contributed by atoms with Crippen LogP contribution in [0.1, 0.15) is 55.4 Å². The van der Waals surface area contributed by atoms with Gasteiger partial charge in [-0.05, 0) is 79.6 Å². The van der Waals surface area contributed by atoms with Crippen molar-refractivity contribution < 1.29 is 24.1 Å². The number of aryl methyl sites for hydroxylation is 1. The third kappa shape index (κ3) is 7.65. The van der Waals surface area contributed by atoms with Gasteiger partial charge in [-0.15, -0.1) is 0 Å². The van der Waals surface area contributed by atoms with Gasteiger partial charge in [-0.2, -0.15) is 0 Å². The molecule has 2 N–H and O–H groups in total. The molecule has 34 heavy (non-hydrogen) atoms. The Hall–Kier alpha value is -1.70. The molecule has 1 heterocycles. The highest BCUT2D eigenvalue weighted by Gasteiger charge is 2.27. The van der Waals surface area contributed by atoms with Crippen LogP contribution in [-0.2, 0) is 22.4 Å². The van der Waals surface area contributed by atoms with Crippen molar-refractivity contribution in [2.45, 2.75) is 63.7 Å². The lowest BCUT2D eigenvalue weighted by molar-refractivity contribution is -0.136. The van der Waals surface area contributed by atoms with E-state index in [0.29, 0.717) is 41.0 Å². The highest BCUT2D eigenvalue weighted by atomic mass is 35.5. The number of rotatable bonds is 12. The van der Waals surface area contributed by atoms with E-state index in [1.807, 2.05) is 25.1 Å². The van der Waals surface area contributed by atoms with Crippen LogP contribution in [0.3, 0.4) is 0 Å². The molecule has 186 valence electrons. The Labute approximate surface area is 210 Å². The second-order valence-electron chi connectivity index (χ2n) is 8.86. The zero-order valence-corrected chi connectivity index (χ0v) is 20.9. The van der Waals surface area contributed by atoms with E-state index in [2.05, 4.69) is 4.90 Å². The number of halogens is 3. The molecule has 0 bridgehead atoms. The second-order valence-corrected chi connectivity index (χ2v) is 9.68. The first kappa shape index (κ1) is 26.9. The number of hydrogen-bond acceptors (Lipinski definition) is 4. The van der Waals surface area contributed by atoms with Gasteiger partial charge >= 0.3 is 5.97 Å². The van der Waals surface area contributed by atoms with Gasteiger partial charge in [0.25, 0.3) is 0 Å². The summed E-state index contributed by atoms with van der Waals surface area (Å²) in [6, 6.07) is 10.4. The minimum absolute atomic E-state index is 0.0348. The molecule has 5 nitrogen and oxygen atoms in total. The molecule has 1 aliphatic heterocycles. The first-order valence-corrected chi connectivity index (χ1v) is 12.5. The number of aliphatic hydroxyl groups is 1. The van der Waals surface area contributed by atoms with Gasteiger partial charge in [-0.25, -0.2) is 4.39 Å². The summed E-state index contributed by atoms with van der Waals surface area (Å²) in [6.45, 7) is 3.43. The number of likely N-dealkylation sites (tertiary alicyclic amines) is 1. The molecule has 0 amide bonds. The van der Waals surface area contributed by atoms with E-state index in [9.17, 15) is 14.3 Å². The van der Waals surface area contributed by atoms with E-state index < -0.39 is 18.2 Å². The number of β-amino-alcohol motifs (C(OH)–C–C–N with tert-alkyl or cyclic N) is 1. The average Bonchev–Trinajstić information content (AvgIpc) is 3.22. The minimum atomic E-state index is -0.902. The van der Waals surface area contributed by atoms with E-state index in [-0.39, 0.29) is 18.8 Å².